The summed E-state index contributed by atoms with van der Waals surface area (Å²) in [7, 11) is 1.68. The Kier molecular flexibility index (Phi) is 4.63. The van der Waals surface area contributed by atoms with E-state index >= 15 is 0 Å². The molecule has 0 aromatic heterocycles. The molecule has 2 aromatic rings. The number of carbonyl (C=O) groups is 1. The van der Waals surface area contributed by atoms with Crippen molar-refractivity contribution in [1.29, 1.82) is 0 Å². The maximum Gasteiger partial charge on any atom is 0.308 e. The predicted octanol–water partition coefficient (Wildman–Crippen LogP) is 3.83. The van der Waals surface area contributed by atoms with Crippen LogP contribution in [0.4, 0.5) is 0 Å². The Hall–Kier alpha value is -2.29. The largest absolute Gasteiger partial charge is 0.496 e. The molecule has 0 aliphatic heterocycles. The van der Waals surface area contributed by atoms with Crippen molar-refractivity contribution in [3.63, 3.8) is 0 Å². The standard InChI is InChI=1S/C18H20O3/c1-12-9-15(5-7-17(12)20-4)11-16-6-8-18(13(2)10-16)21-14(3)19/h5-10H,11H2,1-4H3. The van der Waals surface area contributed by atoms with Gasteiger partial charge in [-0.05, 0) is 54.7 Å². The van der Waals surface area contributed by atoms with Gasteiger partial charge in [-0.25, -0.2) is 0 Å². The summed E-state index contributed by atoms with van der Waals surface area (Å²) in [5.74, 6) is 1.23. The highest BCUT2D eigenvalue weighted by Gasteiger charge is 2.06. The van der Waals surface area contributed by atoms with E-state index in [0.29, 0.717) is 5.75 Å². The van der Waals surface area contributed by atoms with Crippen LogP contribution in [0, 0.1) is 13.8 Å². The molecule has 0 saturated carbocycles. The van der Waals surface area contributed by atoms with Crippen molar-refractivity contribution in [2.24, 2.45) is 0 Å². The molecule has 0 radical (unpaired) electrons. The van der Waals surface area contributed by atoms with Gasteiger partial charge in [-0.15, -0.1) is 0 Å². The summed E-state index contributed by atoms with van der Waals surface area (Å²) in [6.45, 7) is 5.39. The van der Waals surface area contributed by atoms with Crippen molar-refractivity contribution in [3.05, 3.63) is 58.7 Å². The molecule has 0 fully saturated rings. The quantitative estimate of drug-likeness (QED) is 0.632. The number of carbonyl (C=O) groups excluding carboxylic acids is 1. The lowest BCUT2D eigenvalue weighted by Gasteiger charge is -2.10. The van der Waals surface area contributed by atoms with Crippen LogP contribution in [0.5, 0.6) is 11.5 Å². The summed E-state index contributed by atoms with van der Waals surface area (Å²) < 4.78 is 10.4. The third kappa shape index (κ3) is 3.85. The van der Waals surface area contributed by atoms with Gasteiger partial charge >= 0.3 is 5.97 Å². The van der Waals surface area contributed by atoms with Crippen molar-refractivity contribution in [1.82, 2.24) is 0 Å². The summed E-state index contributed by atoms with van der Waals surface area (Å²) in [5.41, 5.74) is 4.51. The van der Waals surface area contributed by atoms with Gasteiger partial charge in [0.05, 0.1) is 7.11 Å². The molecule has 2 rings (SSSR count). The third-order valence-electron chi connectivity index (χ3n) is 3.36. The molecule has 0 atom stereocenters. The molecule has 0 heterocycles. The van der Waals surface area contributed by atoms with E-state index in [1.54, 1.807) is 7.11 Å². The minimum absolute atomic E-state index is 0.295. The second-order valence-electron chi connectivity index (χ2n) is 5.17. The van der Waals surface area contributed by atoms with Gasteiger partial charge in [-0.3, -0.25) is 4.79 Å². The molecule has 21 heavy (non-hydrogen) atoms. The highest BCUT2D eigenvalue weighted by Crippen LogP contribution is 2.23. The van der Waals surface area contributed by atoms with Crippen molar-refractivity contribution in [3.8, 4) is 11.5 Å². The van der Waals surface area contributed by atoms with Crippen LogP contribution in [-0.2, 0) is 11.2 Å². The number of ether oxygens (including phenoxy) is 2. The van der Waals surface area contributed by atoms with Crippen LogP contribution in [0.1, 0.15) is 29.2 Å². The van der Waals surface area contributed by atoms with Gasteiger partial charge in [0.25, 0.3) is 0 Å². The van der Waals surface area contributed by atoms with Crippen LogP contribution in [0.15, 0.2) is 36.4 Å². The third-order valence-corrected chi connectivity index (χ3v) is 3.36. The molecule has 0 N–H and O–H groups in total. The number of aryl methyl sites for hydroxylation is 2. The first-order valence-corrected chi connectivity index (χ1v) is 6.91. The first kappa shape index (κ1) is 15.1. The van der Waals surface area contributed by atoms with Crippen LogP contribution in [0.2, 0.25) is 0 Å². The fourth-order valence-corrected chi connectivity index (χ4v) is 2.38. The van der Waals surface area contributed by atoms with Crippen LogP contribution in [0.3, 0.4) is 0 Å². The second-order valence-corrected chi connectivity index (χ2v) is 5.17. The second kappa shape index (κ2) is 6.44. The van der Waals surface area contributed by atoms with Gasteiger partial charge < -0.3 is 9.47 Å². The van der Waals surface area contributed by atoms with Crippen molar-refractivity contribution in [2.45, 2.75) is 27.2 Å². The van der Waals surface area contributed by atoms with E-state index < -0.39 is 0 Å². The zero-order valence-corrected chi connectivity index (χ0v) is 12.9. The lowest BCUT2D eigenvalue weighted by Crippen LogP contribution is -2.03. The number of hydrogen-bond acceptors (Lipinski definition) is 3. The van der Waals surface area contributed by atoms with Crippen molar-refractivity contribution < 1.29 is 14.3 Å². The number of methoxy groups -OCH3 is 1. The Morgan fingerprint density at radius 2 is 1.48 bits per heavy atom. The monoisotopic (exact) mass is 284 g/mol. The molecule has 0 spiro atoms. The smallest absolute Gasteiger partial charge is 0.308 e. The summed E-state index contributed by atoms with van der Waals surface area (Å²) in [5, 5.41) is 0. The predicted molar refractivity (Wildman–Crippen MR) is 83.0 cm³/mol. The average molecular weight is 284 g/mol. The lowest BCUT2D eigenvalue weighted by atomic mass is 10.0. The van der Waals surface area contributed by atoms with Crippen LogP contribution >= 0.6 is 0 Å². The Balaban J connectivity index is 2.18. The maximum absolute atomic E-state index is 11.0. The van der Waals surface area contributed by atoms with Gasteiger partial charge in [0, 0.05) is 6.92 Å². The van der Waals surface area contributed by atoms with E-state index in [-0.39, 0.29) is 5.97 Å². The Morgan fingerprint density at radius 1 is 0.952 bits per heavy atom. The lowest BCUT2D eigenvalue weighted by molar-refractivity contribution is -0.131. The molecule has 0 unspecified atom stereocenters. The molecule has 2 aromatic carbocycles. The molecule has 0 aliphatic carbocycles. The Bertz CT molecular complexity index is 660. The first-order valence-electron chi connectivity index (χ1n) is 6.91. The molecule has 0 aliphatic rings. The van der Waals surface area contributed by atoms with Gasteiger partial charge in [-0.1, -0.05) is 24.3 Å². The minimum atomic E-state index is -0.295. The fourth-order valence-electron chi connectivity index (χ4n) is 2.38. The number of rotatable bonds is 4. The topological polar surface area (TPSA) is 35.5 Å². The van der Waals surface area contributed by atoms with E-state index in [1.165, 1.54) is 18.1 Å². The van der Waals surface area contributed by atoms with Crippen LogP contribution in [-0.4, -0.2) is 13.1 Å². The number of hydrogen-bond donors (Lipinski definition) is 0. The average Bonchev–Trinajstić information content (AvgIpc) is 2.42. The highest BCUT2D eigenvalue weighted by molar-refractivity contribution is 5.69. The summed E-state index contributed by atoms with van der Waals surface area (Å²) in [6, 6.07) is 12.1. The van der Waals surface area contributed by atoms with Crippen molar-refractivity contribution in [2.75, 3.05) is 7.11 Å². The minimum Gasteiger partial charge on any atom is -0.496 e. The molecular formula is C18H20O3. The molecule has 0 saturated heterocycles. The zero-order chi connectivity index (χ0) is 15.4. The molecule has 0 bridgehead atoms. The van der Waals surface area contributed by atoms with E-state index in [0.717, 1.165) is 23.3 Å². The molecule has 3 nitrogen and oxygen atoms in total. The van der Waals surface area contributed by atoms with Gasteiger partial charge in [0.15, 0.2) is 0 Å². The summed E-state index contributed by atoms with van der Waals surface area (Å²) in [6.07, 6.45) is 0.839. The van der Waals surface area contributed by atoms with E-state index in [1.807, 2.05) is 32.0 Å². The van der Waals surface area contributed by atoms with Crippen LogP contribution < -0.4 is 9.47 Å². The number of benzene rings is 2. The fraction of sp³-hybridized carbons (Fsp3) is 0.278. The SMILES string of the molecule is COc1ccc(Cc2ccc(OC(C)=O)c(C)c2)cc1C. The van der Waals surface area contributed by atoms with E-state index in [4.69, 9.17) is 9.47 Å². The van der Waals surface area contributed by atoms with Gasteiger partial charge in [-0.2, -0.15) is 0 Å². The maximum atomic E-state index is 11.0. The molecule has 3 heteroatoms. The first-order chi connectivity index (χ1) is 9.99. The zero-order valence-electron chi connectivity index (χ0n) is 12.9. The molecule has 0 amide bonds. The molecule has 110 valence electrons. The van der Waals surface area contributed by atoms with E-state index in [2.05, 4.69) is 18.2 Å². The van der Waals surface area contributed by atoms with Gasteiger partial charge in [0.2, 0.25) is 0 Å². The van der Waals surface area contributed by atoms with Crippen molar-refractivity contribution >= 4 is 5.97 Å². The van der Waals surface area contributed by atoms with E-state index in [9.17, 15) is 4.79 Å². The summed E-state index contributed by atoms with van der Waals surface area (Å²) in [4.78, 5) is 11.0. The Labute approximate surface area is 125 Å². The number of esters is 1. The van der Waals surface area contributed by atoms with Gasteiger partial charge in [0.1, 0.15) is 11.5 Å². The highest BCUT2D eigenvalue weighted by atomic mass is 16.5. The summed E-state index contributed by atoms with van der Waals surface area (Å²) >= 11 is 0. The molecular weight excluding hydrogens is 264 g/mol. The normalized spacial score (nSPS) is 10.3. The Morgan fingerprint density at radius 3 is 1.90 bits per heavy atom. The van der Waals surface area contributed by atoms with Crippen LogP contribution in [0.25, 0.3) is 0 Å².